The Morgan fingerprint density at radius 2 is 2.10 bits per heavy atom. The van der Waals surface area contributed by atoms with Crippen LogP contribution in [0.4, 0.5) is 5.69 Å². The van der Waals surface area contributed by atoms with Gasteiger partial charge in [-0.1, -0.05) is 32.3 Å². The van der Waals surface area contributed by atoms with Crippen molar-refractivity contribution in [2.45, 2.75) is 52.0 Å². The van der Waals surface area contributed by atoms with Gasteiger partial charge in [-0.25, -0.2) is 0 Å². The number of nitrogens with one attached hydrogen (secondary N) is 1. The number of rotatable bonds is 5. The van der Waals surface area contributed by atoms with Crippen molar-refractivity contribution in [3.8, 4) is 5.75 Å². The van der Waals surface area contributed by atoms with Crippen LogP contribution in [0.15, 0.2) is 18.2 Å². The Kier molecular flexibility index (Phi) is 5.48. The molecule has 2 rings (SSSR count). The summed E-state index contributed by atoms with van der Waals surface area (Å²) in [7, 11) is 0. The average Bonchev–Trinajstić information content (AvgIpc) is 2.48. The van der Waals surface area contributed by atoms with Gasteiger partial charge in [0.1, 0.15) is 11.3 Å². The smallest absolute Gasteiger partial charge is 0.257 e. The molecule has 0 radical (unpaired) electrons. The molecule has 0 heterocycles. The van der Waals surface area contributed by atoms with Crippen molar-refractivity contribution < 1.29 is 9.53 Å². The summed E-state index contributed by atoms with van der Waals surface area (Å²) in [6.45, 7) is 4.61. The van der Waals surface area contributed by atoms with E-state index in [1.54, 1.807) is 12.1 Å². The first kappa shape index (κ1) is 15.7. The number of carbonyl (C=O) groups is 1. The lowest BCUT2D eigenvalue weighted by molar-refractivity contribution is 0.0902. The van der Waals surface area contributed by atoms with Crippen molar-refractivity contribution in [2.24, 2.45) is 5.92 Å². The third-order valence-corrected chi connectivity index (χ3v) is 4.34. The summed E-state index contributed by atoms with van der Waals surface area (Å²) in [6.07, 6.45) is 5.81. The van der Waals surface area contributed by atoms with Gasteiger partial charge in [0.2, 0.25) is 0 Å². The Hall–Kier alpha value is -1.71. The van der Waals surface area contributed by atoms with Gasteiger partial charge < -0.3 is 15.8 Å². The summed E-state index contributed by atoms with van der Waals surface area (Å²) >= 11 is 0. The lowest BCUT2D eigenvalue weighted by Gasteiger charge is -2.31. The molecule has 3 N–H and O–H groups in total. The standard InChI is InChI=1S/C17H26N2O2/c1-3-12-8-5-6-10-14(12)19-17(20)16-13(18)9-7-11-15(16)21-4-2/h7,9,11-12,14H,3-6,8,10,18H2,1-2H3,(H,19,20). The minimum absolute atomic E-state index is 0.109. The molecule has 0 aromatic heterocycles. The van der Waals surface area contributed by atoms with Gasteiger partial charge in [0, 0.05) is 11.7 Å². The topological polar surface area (TPSA) is 64.3 Å². The fourth-order valence-corrected chi connectivity index (χ4v) is 3.19. The van der Waals surface area contributed by atoms with Crippen molar-refractivity contribution in [3.05, 3.63) is 23.8 Å². The Morgan fingerprint density at radius 1 is 1.33 bits per heavy atom. The number of hydrogen-bond donors (Lipinski definition) is 2. The molecule has 2 atom stereocenters. The molecule has 1 aliphatic carbocycles. The number of nitrogens with two attached hydrogens (primary N) is 1. The fourth-order valence-electron chi connectivity index (χ4n) is 3.19. The summed E-state index contributed by atoms with van der Waals surface area (Å²) in [5, 5.41) is 3.18. The second kappa shape index (κ2) is 7.34. The van der Waals surface area contributed by atoms with E-state index in [-0.39, 0.29) is 11.9 Å². The molecule has 1 fully saturated rings. The SMILES string of the molecule is CCOc1cccc(N)c1C(=O)NC1CCCCC1CC. The van der Waals surface area contributed by atoms with E-state index in [1.807, 2.05) is 13.0 Å². The van der Waals surface area contributed by atoms with E-state index < -0.39 is 0 Å². The highest BCUT2D eigenvalue weighted by Crippen LogP contribution is 2.29. The van der Waals surface area contributed by atoms with Crippen LogP contribution in [0.25, 0.3) is 0 Å². The molecule has 1 aromatic carbocycles. The van der Waals surface area contributed by atoms with Crippen LogP contribution in [0.2, 0.25) is 0 Å². The van der Waals surface area contributed by atoms with Crippen LogP contribution in [0.5, 0.6) is 5.75 Å². The molecule has 0 spiro atoms. The lowest BCUT2D eigenvalue weighted by atomic mass is 9.83. The normalized spacial score (nSPS) is 21.8. The van der Waals surface area contributed by atoms with Gasteiger partial charge >= 0.3 is 0 Å². The Morgan fingerprint density at radius 3 is 2.81 bits per heavy atom. The zero-order valence-electron chi connectivity index (χ0n) is 13.0. The second-order valence-electron chi connectivity index (χ2n) is 5.69. The van der Waals surface area contributed by atoms with E-state index >= 15 is 0 Å². The highest BCUT2D eigenvalue weighted by molar-refractivity contribution is 6.02. The maximum absolute atomic E-state index is 12.6. The number of carbonyl (C=O) groups excluding carboxylic acids is 1. The predicted octanol–water partition coefficient (Wildman–Crippen LogP) is 3.37. The minimum Gasteiger partial charge on any atom is -0.493 e. The van der Waals surface area contributed by atoms with Crippen LogP contribution in [0.3, 0.4) is 0 Å². The molecule has 4 nitrogen and oxygen atoms in total. The molecule has 2 unspecified atom stereocenters. The lowest BCUT2D eigenvalue weighted by Crippen LogP contribution is -2.42. The molecule has 0 saturated heterocycles. The van der Waals surface area contributed by atoms with Crippen LogP contribution in [-0.2, 0) is 0 Å². The molecule has 1 aromatic rings. The predicted molar refractivity (Wildman–Crippen MR) is 85.5 cm³/mol. The summed E-state index contributed by atoms with van der Waals surface area (Å²) in [6, 6.07) is 5.61. The number of hydrogen-bond acceptors (Lipinski definition) is 3. The summed E-state index contributed by atoms with van der Waals surface area (Å²) < 4.78 is 5.54. The summed E-state index contributed by atoms with van der Waals surface area (Å²) in [5.41, 5.74) is 6.93. The molecule has 1 aliphatic rings. The monoisotopic (exact) mass is 290 g/mol. The van der Waals surface area contributed by atoms with Crippen LogP contribution >= 0.6 is 0 Å². The third-order valence-electron chi connectivity index (χ3n) is 4.34. The second-order valence-corrected chi connectivity index (χ2v) is 5.69. The molecule has 116 valence electrons. The molecule has 1 saturated carbocycles. The van der Waals surface area contributed by atoms with Gasteiger partial charge in [-0.2, -0.15) is 0 Å². The number of amides is 1. The highest BCUT2D eigenvalue weighted by Gasteiger charge is 2.27. The number of nitrogen functional groups attached to an aromatic ring is 1. The highest BCUT2D eigenvalue weighted by atomic mass is 16.5. The van der Waals surface area contributed by atoms with Crippen molar-refractivity contribution in [2.75, 3.05) is 12.3 Å². The maximum Gasteiger partial charge on any atom is 0.257 e. The molecule has 21 heavy (non-hydrogen) atoms. The molecular weight excluding hydrogens is 264 g/mol. The van der Waals surface area contributed by atoms with Crippen LogP contribution in [0, 0.1) is 5.92 Å². The van der Waals surface area contributed by atoms with Crippen LogP contribution in [-0.4, -0.2) is 18.6 Å². The van der Waals surface area contributed by atoms with Gasteiger partial charge in [0.25, 0.3) is 5.91 Å². The Bertz CT molecular complexity index is 488. The van der Waals surface area contributed by atoms with Crippen molar-refractivity contribution in [1.29, 1.82) is 0 Å². The van der Waals surface area contributed by atoms with Gasteiger partial charge in [-0.15, -0.1) is 0 Å². The molecule has 4 heteroatoms. The van der Waals surface area contributed by atoms with Gasteiger partial charge in [-0.3, -0.25) is 4.79 Å². The van der Waals surface area contributed by atoms with E-state index in [2.05, 4.69) is 12.2 Å². The van der Waals surface area contributed by atoms with Crippen LogP contribution in [0.1, 0.15) is 56.3 Å². The van der Waals surface area contributed by atoms with E-state index in [0.717, 1.165) is 12.8 Å². The first-order chi connectivity index (χ1) is 10.2. The molecule has 1 amide bonds. The van der Waals surface area contributed by atoms with Gasteiger partial charge in [0.05, 0.1) is 6.61 Å². The number of benzene rings is 1. The number of ether oxygens (including phenoxy) is 1. The first-order valence-electron chi connectivity index (χ1n) is 7.99. The third kappa shape index (κ3) is 3.69. The largest absolute Gasteiger partial charge is 0.493 e. The molecule has 0 aliphatic heterocycles. The van der Waals surface area contributed by atoms with Crippen LogP contribution < -0.4 is 15.8 Å². The quantitative estimate of drug-likeness (QED) is 0.817. The number of anilines is 1. The Balaban J connectivity index is 2.16. The zero-order chi connectivity index (χ0) is 15.2. The van der Waals surface area contributed by atoms with Crippen molar-refractivity contribution in [3.63, 3.8) is 0 Å². The van der Waals surface area contributed by atoms with Gasteiger partial charge in [-0.05, 0) is 37.8 Å². The fraction of sp³-hybridized carbons (Fsp3) is 0.588. The minimum atomic E-state index is -0.109. The van der Waals surface area contributed by atoms with Crippen molar-refractivity contribution in [1.82, 2.24) is 5.32 Å². The van der Waals surface area contributed by atoms with Crippen molar-refractivity contribution >= 4 is 11.6 Å². The maximum atomic E-state index is 12.6. The zero-order valence-corrected chi connectivity index (χ0v) is 13.0. The van der Waals surface area contributed by atoms with E-state index in [1.165, 1.54) is 19.3 Å². The van der Waals surface area contributed by atoms with E-state index in [9.17, 15) is 4.79 Å². The average molecular weight is 290 g/mol. The summed E-state index contributed by atoms with van der Waals surface area (Å²) in [4.78, 5) is 12.6. The van der Waals surface area contributed by atoms with E-state index in [0.29, 0.717) is 29.5 Å². The van der Waals surface area contributed by atoms with Gasteiger partial charge in [0.15, 0.2) is 0 Å². The summed E-state index contributed by atoms with van der Waals surface area (Å²) in [5.74, 6) is 1.03. The van der Waals surface area contributed by atoms with E-state index in [4.69, 9.17) is 10.5 Å². The molecular formula is C17H26N2O2. The Labute approximate surface area is 127 Å². The molecule has 0 bridgehead atoms. The first-order valence-corrected chi connectivity index (χ1v) is 7.99.